The van der Waals surface area contributed by atoms with E-state index in [0.29, 0.717) is 5.56 Å². The molecule has 0 unspecified atom stereocenters. The van der Waals surface area contributed by atoms with Crippen LogP contribution in [-0.2, 0) is 25.5 Å². The summed E-state index contributed by atoms with van der Waals surface area (Å²) in [5, 5.41) is 57.2. The molecule has 2 aromatic rings. The van der Waals surface area contributed by atoms with E-state index in [2.05, 4.69) is 0 Å². The predicted molar refractivity (Wildman–Crippen MR) is 155 cm³/mol. The molecule has 0 spiro atoms. The van der Waals surface area contributed by atoms with Gasteiger partial charge in [0.15, 0.2) is 11.4 Å². The number of nitro groups is 1. The van der Waals surface area contributed by atoms with Crippen LogP contribution in [0.25, 0.3) is 0 Å². The van der Waals surface area contributed by atoms with E-state index < -0.39 is 104 Å². The van der Waals surface area contributed by atoms with Gasteiger partial charge in [-0.25, -0.2) is 0 Å². The first-order valence-electron chi connectivity index (χ1n) is 13.6. The number of nitrogens with zero attached hydrogens (tertiary/aromatic N) is 2. The Hall–Kier alpha value is -4.79. The first-order chi connectivity index (χ1) is 21.0. The molecule has 0 radical (unpaired) electrons. The molecule has 3 aliphatic rings. The van der Waals surface area contributed by atoms with Gasteiger partial charge in [-0.05, 0) is 37.7 Å². The van der Waals surface area contributed by atoms with Gasteiger partial charge in [0.1, 0.15) is 28.9 Å². The lowest BCUT2D eigenvalue weighted by Gasteiger charge is -2.54. The summed E-state index contributed by atoms with van der Waals surface area (Å²) in [6.45, 7) is 1.61. The standard InChI is InChI=1S/C30H28ClN3O11/c1-11-14-5-4-6-16(35)19(14)24(37)20-18(11)26(45-17(36)9-12-7-8-13(31)10-15(12)34(43)44)22-23(33(2)3)25(38)21(29(32)41)28(40)30(22,42)27(20)39/h4-8,10-11,18,22-23,26,35,38-39,42H,9H2,1-3H3,(H2,32,41)/t11-,18+,22+,23-,26-,30-/m1/s1. The van der Waals surface area contributed by atoms with Crippen molar-refractivity contribution >= 4 is 40.7 Å². The summed E-state index contributed by atoms with van der Waals surface area (Å²) in [5.41, 5.74) is 0.231. The molecule has 0 saturated heterocycles. The number of hydrogen-bond donors (Lipinski definition) is 5. The van der Waals surface area contributed by atoms with Crippen molar-refractivity contribution in [2.75, 3.05) is 14.1 Å². The molecule has 6 atom stereocenters. The Labute approximate surface area is 260 Å². The molecule has 0 aliphatic heterocycles. The topological polar surface area (TPSA) is 231 Å². The van der Waals surface area contributed by atoms with Gasteiger partial charge in [0, 0.05) is 28.1 Å². The maximum Gasteiger partial charge on any atom is 0.310 e. The molecule has 0 heterocycles. The van der Waals surface area contributed by atoms with Gasteiger partial charge in [0.25, 0.3) is 11.6 Å². The summed E-state index contributed by atoms with van der Waals surface area (Å²) >= 11 is 5.90. The number of halogens is 1. The van der Waals surface area contributed by atoms with E-state index in [-0.39, 0.29) is 16.1 Å². The number of aliphatic hydroxyl groups excluding tert-OH is 2. The highest BCUT2D eigenvalue weighted by molar-refractivity contribution is 6.30. The zero-order valence-corrected chi connectivity index (χ0v) is 24.8. The number of hydrogen-bond acceptors (Lipinski definition) is 12. The van der Waals surface area contributed by atoms with Crippen LogP contribution in [0, 0.1) is 22.0 Å². The molecule has 0 aromatic heterocycles. The lowest BCUT2D eigenvalue weighted by molar-refractivity contribution is -0.385. The highest BCUT2D eigenvalue weighted by Crippen LogP contribution is 2.56. The number of ketones is 2. The number of fused-ring (bicyclic) bond motifs is 3. The molecule has 15 heteroatoms. The number of phenols is 1. The zero-order chi connectivity index (χ0) is 33.3. The number of rotatable bonds is 6. The molecule has 2 aromatic carbocycles. The predicted octanol–water partition coefficient (Wildman–Crippen LogP) is 2.01. The van der Waals surface area contributed by atoms with Crippen LogP contribution in [0.4, 0.5) is 5.69 Å². The SMILES string of the molecule is C[C@@H]1c2cccc(O)c2C(=O)C2=C(O)[C@@]3(O)C(=O)C(C(N)=O)=C(O)[C@H](N(C)C)[C@H]3[C@H](OC(=O)Cc3ccc(Cl)cc3[N+](=O)[O-])[C@H]21. The van der Waals surface area contributed by atoms with Gasteiger partial charge in [-0.3, -0.25) is 34.2 Å². The van der Waals surface area contributed by atoms with Crippen LogP contribution in [0.1, 0.15) is 34.3 Å². The van der Waals surface area contributed by atoms with Crippen molar-refractivity contribution in [1.29, 1.82) is 0 Å². The molecule has 1 amide bonds. The van der Waals surface area contributed by atoms with Gasteiger partial charge in [0.2, 0.25) is 5.78 Å². The van der Waals surface area contributed by atoms with Crippen LogP contribution in [-0.4, -0.2) is 85.5 Å². The van der Waals surface area contributed by atoms with E-state index in [0.717, 1.165) is 6.07 Å². The van der Waals surface area contributed by atoms with Crippen molar-refractivity contribution in [3.05, 3.63) is 90.9 Å². The van der Waals surface area contributed by atoms with Crippen molar-refractivity contribution in [2.24, 2.45) is 17.6 Å². The van der Waals surface area contributed by atoms with Crippen LogP contribution in [0.3, 0.4) is 0 Å². The number of benzene rings is 2. The van der Waals surface area contributed by atoms with E-state index in [4.69, 9.17) is 22.1 Å². The van der Waals surface area contributed by atoms with E-state index in [1.807, 2.05) is 0 Å². The number of ether oxygens (including phenoxy) is 1. The normalized spacial score (nSPS) is 27.6. The number of nitrogens with two attached hydrogens (primary N) is 1. The number of esters is 1. The monoisotopic (exact) mass is 641 g/mol. The number of Topliss-reactive ketones (excluding diaryl/α,β-unsaturated/α-hetero) is 2. The minimum absolute atomic E-state index is 0.0416. The van der Waals surface area contributed by atoms with Gasteiger partial charge in [0.05, 0.1) is 28.9 Å². The average Bonchev–Trinajstić information content (AvgIpc) is 2.95. The largest absolute Gasteiger partial charge is 0.510 e. The molecule has 45 heavy (non-hydrogen) atoms. The summed E-state index contributed by atoms with van der Waals surface area (Å²) in [4.78, 5) is 65.9. The Morgan fingerprint density at radius 2 is 1.82 bits per heavy atom. The minimum Gasteiger partial charge on any atom is -0.510 e. The molecular formula is C30H28ClN3O11. The Balaban J connectivity index is 1.75. The molecular weight excluding hydrogens is 614 g/mol. The third-order valence-corrected chi connectivity index (χ3v) is 9.05. The first kappa shape index (κ1) is 31.6. The smallest absolute Gasteiger partial charge is 0.310 e. The molecule has 0 saturated carbocycles. The van der Waals surface area contributed by atoms with E-state index in [9.17, 15) is 49.7 Å². The molecule has 6 N–H and O–H groups in total. The van der Waals surface area contributed by atoms with Gasteiger partial charge in [-0.15, -0.1) is 0 Å². The van der Waals surface area contributed by atoms with Crippen LogP contribution in [0.15, 0.2) is 59.1 Å². The third kappa shape index (κ3) is 4.64. The van der Waals surface area contributed by atoms with Crippen LogP contribution >= 0.6 is 11.6 Å². The average molecular weight is 642 g/mol. The highest BCUT2D eigenvalue weighted by atomic mass is 35.5. The summed E-state index contributed by atoms with van der Waals surface area (Å²) in [6.07, 6.45) is -2.34. The number of carbonyl (C=O) groups excluding carboxylic acids is 4. The van der Waals surface area contributed by atoms with Crippen LogP contribution in [0.5, 0.6) is 5.75 Å². The molecule has 0 fully saturated rings. The number of carbonyl (C=O) groups is 4. The van der Waals surface area contributed by atoms with Crippen molar-refractivity contribution in [3.8, 4) is 5.75 Å². The van der Waals surface area contributed by atoms with Crippen molar-refractivity contribution < 1.29 is 49.3 Å². The van der Waals surface area contributed by atoms with Gasteiger partial charge in [-0.1, -0.05) is 36.7 Å². The van der Waals surface area contributed by atoms with Crippen molar-refractivity contribution in [1.82, 2.24) is 4.90 Å². The number of aliphatic hydroxyl groups is 3. The maximum absolute atomic E-state index is 13.9. The lowest BCUT2D eigenvalue weighted by atomic mass is 9.55. The van der Waals surface area contributed by atoms with E-state index >= 15 is 0 Å². The van der Waals surface area contributed by atoms with Crippen molar-refractivity contribution in [3.63, 3.8) is 0 Å². The fourth-order valence-corrected chi connectivity index (χ4v) is 7.07. The van der Waals surface area contributed by atoms with Crippen LogP contribution in [0.2, 0.25) is 5.02 Å². The molecule has 14 nitrogen and oxygen atoms in total. The van der Waals surface area contributed by atoms with Crippen molar-refractivity contribution in [2.45, 2.75) is 37.0 Å². The van der Waals surface area contributed by atoms with Gasteiger partial charge >= 0.3 is 5.97 Å². The fraction of sp³-hybridized carbons (Fsp3) is 0.333. The summed E-state index contributed by atoms with van der Waals surface area (Å²) in [5.74, 6) is -11.3. The molecule has 236 valence electrons. The second kappa shape index (κ2) is 11.0. The Bertz CT molecular complexity index is 1770. The number of phenolic OH excluding ortho intramolecular Hbond substituents is 1. The van der Waals surface area contributed by atoms with Crippen LogP contribution < -0.4 is 5.73 Å². The minimum atomic E-state index is -3.12. The molecule has 3 aliphatic carbocycles. The number of likely N-dealkylation sites (N-methyl/N-ethyl adjacent to an activating group) is 1. The lowest BCUT2D eigenvalue weighted by Crippen LogP contribution is -2.69. The highest BCUT2D eigenvalue weighted by Gasteiger charge is 2.68. The summed E-state index contributed by atoms with van der Waals surface area (Å²) in [7, 11) is 2.84. The second-order valence-corrected chi connectivity index (χ2v) is 11.9. The number of nitro benzene ring substituents is 1. The van der Waals surface area contributed by atoms with Gasteiger partial charge in [-0.2, -0.15) is 0 Å². The number of aromatic hydroxyl groups is 1. The van der Waals surface area contributed by atoms with E-state index in [1.54, 1.807) is 13.0 Å². The number of primary amides is 1. The first-order valence-corrected chi connectivity index (χ1v) is 14.0. The third-order valence-electron chi connectivity index (χ3n) is 8.81. The second-order valence-electron chi connectivity index (χ2n) is 11.5. The molecule has 0 bridgehead atoms. The molecule has 5 rings (SSSR count). The fourth-order valence-electron chi connectivity index (χ4n) is 6.90. The Morgan fingerprint density at radius 1 is 1.16 bits per heavy atom. The van der Waals surface area contributed by atoms with E-state index in [1.165, 1.54) is 43.3 Å². The summed E-state index contributed by atoms with van der Waals surface area (Å²) in [6, 6.07) is 6.41. The Kier molecular flexibility index (Phi) is 7.72. The summed E-state index contributed by atoms with van der Waals surface area (Å²) < 4.78 is 5.91. The quantitative estimate of drug-likeness (QED) is 0.132. The zero-order valence-electron chi connectivity index (χ0n) is 24.1. The number of amides is 1. The maximum atomic E-state index is 13.9. The Morgan fingerprint density at radius 3 is 2.42 bits per heavy atom. The van der Waals surface area contributed by atoms with Gasteiger partial charge < -0.3 is 30.9 Å².